The van der Waals surface area contributed by atoms with Gasteiger partial charge in [0.25, 0.3) is 5.91 Å². The fourth-order valence-electron chi connectivity index (χ4n) is 2.48. The van der Waals surface area contributed by atoms with Gasteiger partial charge in [-0.25, -0.2) is 0 Å². The van der Waals surface area contributed by atoms with Crippen LogP contribution in [0.3, 0.4) is 0 Å². The van der Waals surface area contributed by atoms with Crippen LogP contribution in [0.25, 0.3) is 0 Å². The number of hydrogen-bond acceptors (Lipinski definition) is 4. The van der Waals surface area contributed by atoms with Crippen LogP contribution in [0.4, 0.5) is 0 Å². The van der Waals surface area contributed by atoms with Crippen molar-refractivity contribution in [2.24, 2.45) is 0 Å². The van der Waals surface area contributed by atoms with Gasteiger partial charge in [-0.15, -0.1) is 0 Å². The highest BCUT2D eigenvalue weighted by molar-refractivity contribution is 5.94. The average Bonchev–Trinajstić information content (AvgIpc) is 3.01. The number of carbonyl (C=O) groups excluding carboxylic acids is 1. The van der Waals surface area contributed by atoms with Crippen LogP contribution in [0.15, 0.2) is 36.4 Å². The van der Waals surface area contributed by atoms with Gasteiger partial charge in [0, 0.05) is 5.56 Å². The van der Waals surface area contributed by atoms with Crippen LogP contribution in [0, 0.1) is 13.8 Å². The van der Waals surface area contributed by atoms with Gasteiger partial charge in [0.2, 0.25) is 6.79 Å². The molecule has 120 valence electrons. The zero-order valence-electron chi connectivity index (χ0n) is 13.2. The van der Waals surface area contributed by atoms with E-state index in [1.165, 1.54) is 0 Å². The minimum Gasteiger partial charge on any atom is -0.491 e. The van der Waals surface area contributed by atoms with E-state index in [1.807, 2.05) is 32.0 Å². The lowest BCUT2D eigenvalue weighted by Crippen LogP contribution is -2.28. The molecule has 2 aromatic carbocycles. The molecular weight excluding hydrogens is 294 g/mol. The number of rotatable bonds is 5. The van der Waals surface area contributed by atoms with Crippen LogP contribution in [-0.4, -0.2) is 25.9 Å². The molecule has 0 aromatic heterocycles. The first-order chi connectivity index (χ1) is 11.1. The molecule has 0 bridgehead atoms. The molecule has 3 rings (SSSR count). The van der Waals surface area contributed by atoms with Crippen molar-refractivity contribution < 1.29 is 19.0 Å². The summed E-state index contributed by atoms with van der Waals surface area (Å²) in [5, 5.41) is 2.84. The largest absolute Gasteiger partial charge is 0.491 e. The Kier molecular flexibility index (Phi) is 4.37. The zero-order valence-corrected chi connectivity index (χ0v) is 13.2. The fourth-order valence-corrected chi connectivity index (χ4v) is 2.48. The highest BCUT2D eigenvalue weighted by atomic mass is 16.7. The van der Waals surface area contributed by atoms with Crippen molar-refractivity contribution in [2.75, 3.05) is 19.9 Å². The van der Waals surface area contributed by atoms with E-state index >= 15 is 0 Å². The van der Waals surface area contributed by atoms with Gasteiger partial charge < -0.3 is 19.5 Å². The number of amides is 1. The van der Waals surface area contributed by atoms with Gasteiger partial charge in [0.1, 0.15) is 12.4 Å². The summed E-state index contributed by atoms with van der Waals surface area (Å²) in [4.78, 5) is 12.1. The summed E-state index contributed by atoms with van der Waals surface area (Å²) in [5.74, 6) is 1.99. The van der Waals surface area contributed by atoms with Gasteiger partial charge in [-0.05, 0) is 43.2 Å². The number of hydrogen-bond donors (Lipinski definition) is 1. The van der Waals surface area contributed by atoms with E-state index in [2.05, 4.69) is 5.32 Å². The average molecular weight is 313 g/mol. The molecule has 0 saturated carbocycles. The quantitative estimate of drug-likeness (QED) is 0.862. The minimum atomic E-state index is -0.159. The van der Waals surface area contributed by atoms with Gasteiger partial charge in [-0.3, -0.25) is 4.79 Å². The number of fused-ring (bicyclic) bond motifs is 1. The molecule has 0 atom stereocenters. The Hall–Kier alpha value is -2.69. The summed E-state index contributed by atoms with van der Waals surface area (Å²) < 4.78 is 16.3. The smallest absolute Gasteiger partial charge is 0.251 e. The summed E-state index contributed by atoms with van der Waals surface area (Å²) in [6.45, 7) is 5.06. The molecule has 1 aliphatic heterocycles. The Bertz CT molecular complexity index is 707. The summed E-state index contributed by atoms with van der Waals surface area (Å²) in [6.07, 6.45) is 0. The number of para-hydroxylation sites is 1. The van der Waals surface area contributed by atoms with Crippen LogP contribution in [-0.2, 0) is 0 Å². The third-order valence-corrected chi connectivity index (χ3v) is 3.68. The highest BCUT2D eigenvalue weighted by Gasteiger charge is 2.16. The lowest BCUT2D eigenvalue weighted by atomic mass is 10.1. The first kappa shape index (κ1) is 15.2. The molecule has 0 unspecified atom stereocenters. The Balaban J connectivity index is 1.52. The van der Waals surface area contributed by atoms with E-state index in [-0.39, 0.29) is 12.7 Å². The normalized spacial score (nSPS) is 12.1. The SMILES string of the molecule is Cc1cccc(C)c1OCCNC(=O)c1ccc2c(c1)OCO2. The van der Waals surface area contributed by atoms with E-state index < -0.39 is 0 Å². The topological polar surface area (TPSA) is 56.8 Å². The maximum atomic E-state index is 12.1. The lowest BCUT2D eigenvalue weighted by Gasteiger charge is -2.12. The number of aryl methyl sites for hydroxylation is 2. The second kappa shape index (κ2) is 6.60. The number of benzene rings is 2. The molecule has 1 heterocycles. The molecule has 0 aliphatic carbocycles. The molecule has 5 heteroatoms. The molecule has 0 fully saturated rings. The van der Waals surface area contributed by atoms with E-state index in [4.69, 9.17) is 14.2 Å². The molecule has 1 amide bonds. The van der Waals surface area contributed by atoms with Crippen molar-refractivity contribution in [1.82, 2.24) is 5.32 Å². The first-order valence-corrected chi connectivity index (χ1v) is 7.52. The maximum Gasteiger partial charge on any atom is 0.251 e. The van der Waals surface area contributed by atoms with Crippen molar-refractivity contribution in [3.63, 3.8) is 0 Å². The van der Waals surface area contributed by atoms with Crippen molar-refractivity contribution in [2.45, 2.75) is 13.8 Å². The predicted molar refractivity (Wildman–Crippen MR) is 86.3 cm³/mol. The predicted octanol–water partition coefficient (Wildman–Crippen LogP) is 2.84. The van der Waals surface area contributed by atoms with Gasteiger partial charge in [-0.1, -0.05) is 18.2 Å². The molecule has 2 aromatic rings. The zero-order chi connectivity index (χ0) is 16.2. The first-order valence-electron chi connectivity index (χ1n) is 7.52. The fraction of sp³-hybridized carbons (Fsp3) is 0.278. The van der Waals surface area contributed by atoms with E-state index in [9.17, 15) is 4.79 Å². The Labute approximate surface area is 135 Å². The summed E-state index contributed by atoms with van der Waals surface area (Å²) in [5.41, 5.74) is 2.72. The molecule has 1 aliphatic rings. The van der Waals surface area contributed by atoms with Crippen LogP contribution >= 0.6 is 0 Å². The second-order valence-corrected chi connectivity index (χ2v) is 5.39. The van der Waals surface area contributed by atoms with Gasteiger partial charge in [-0.2, -0.15) is 0 Å². The Morgan fingerprint density at radius 2 is 1.87 bits per heavy atom. The standard InChI is InChI=1S/C18H19NO4/c1-12-4-3-5-13(2)17(12)21-9-8-19-18(20)14-6-7-15-16(10-14)23-11-22-15/h3-7,10H,8-9,11H2,1-2H3,(H,19,20). The monoisotopic (exact) mass is 313 g/mol. The molecular formula is C18H19NO4. The molecule has 0 saturated heterocycles. The highest BCUT2D eigenvalue weighted by Crippen LogP contribution is 2.32. The molecule has 23 heavy (non-hydrogen) atoms. The van der Waals surface area contributed by atoms with Crippen molar-refractivity contribution in [3.8, 4) is 17.2 Å². The maximum absolute atomic E-state index is 12.1. The second-order valence-electron chi connectivity index (χ2n) is 5.39. The van der Waals surface area contributed by atoms with E-state index in [0.29, 0.717) is 30.2 Å². The number of ether oxygens (including phenoxy) is 3. The molecule has 0 radical (unpaired) electrons. The molecule has 1 N–H and O–H groups in total. The molecule has 0 spiro atoms. The third-order valence-electron chi connectivity index (χ3n) is 3.68. The summed E-state index contributed by atoms with van der Waals surface area (Å²) >= 11 is 0. The lowest BCUT2D eigenvalue weighted by molar-refractivity contribution is 0.0946. The van der Waals surface area contributed by atoms with Gasteiger partial charge >= 0.3 is 0 Å². The van der Waals surface area contributed by atoms with Crippen molar-refractivity contribution >= 4 is 5.91 Å². The van der Waals surface area contributed by atoms with Crippen LogP contribution in [0.2, 0.25) is 0 Å². The number of carbonyl (C=O) groups is 1. The van der Waals surface area contributed by atoms with E-state index in [0.717, 1.165) is 16.9 Å². The third kappa shape index (κ3) is 3.39. The van der Waals surface area contributed by atoms with Crippen LogP contribution in [0.1, 0.15) is 21.5 Å². The molecule has 5 nitrogen and oxygen atoms in total. The minimum absolute atomic E-state index is 0.159. The van der Waals surface area contributed by atoms with Crippen LogP contribution in [0.5, 0.6) is 17.2 Å². The Morgan fingerprint density at radius 3 is 2.65 bits per heavy atom. The summed E-state index contributed by atoms with van der Waals surface area (Å²) in [7, 11) is 0. The van der Waals surface area contributed by atoms with Gasteiger partial charge in [0.05, 0.1) is 6.54 Å². The van der Waals surface area contributed by atoms with E-state index in [1.54, 1.807) is 18.2 Å². The van der Waals surface area contributed by atoms with Gasteiger partial charge in [0.15, 0.2) is 11.5 Å². The Morgan fingerprint density at radius 1 is 1.13 bits per heavy atom. The number of nitrogens with one attached hydrogen (secondary N) is 1. The van der Waals surface area contributed by atoms with Crippen molar-refractivity contribution in [1.29, 1.82) is 0 Å². The summed E-state index contributed by atoms with van der Waals surface area (Å²) in [6, 6.07) is 11.2. The van der Waals surface area contributed by atoms with Crippen molar-refractivity contribution in [3.05, 3.63) is 53.1 Å². The van der Waals surface area contributed by atoms with Crippen LogP contribution < -0.4 is 19.5 Å².